The topological polar surface area (TPSA) is 43.4 Å². The number of halogens is 1. The van der Waals surface area contributed by atoms with Crippen molar-refractivity contribution in [3.8, 4) is 5.75 Å². The van der Waals surface area contributed by atoms with Crippen molar-refractivity contribution in [2.75, 3.05) is 6.61 Å². The Morgan fingerprint density at radius 1 is 1.00 bits per heavy atom. The molecule has 108 valence electrons. The Bertz CT molecular complexity index is 630. The van der Waals surface area contributed by atoms with Gasteiger partial charge in [-0.2, -0.15) is 0 Å². The van der Waals surface area contributed by atoms with Crippen LogP contribution in [0.1, 0.15) is 22.8 Å². The van der Waals surface area contributed by atoms with E-state index in [1.807, 2.05) is 12.1 Å². The second-order valence-corrected chi connectivity index (χ2v) is 5.18. The molecule has 4 heteroatoms. The average molecular weight is 303 g/mol. The summed E-state index contributed by atoms with van der Waals surface area (Å²) in [6, 6.07) is 13.8. The van der Waals surface area contributed by atoms with Crippen LogP contribution in [0, 0.1) is 0 Å². The lowest BCUT2D eigenvalue weighted by Gasteiger charge is -2.06. The van der Waals surface area contributed by atoms with E-state index in [1.54, 1.807) is 43.3 Å². The zero-order chi connectivity index (χ0) is 15.2. The molecule has 0 aliphatic carbocycles. The molecule has 0 N–H and O–H groups in total. The van der Waals surface area contributed by atoms with E-state index in [0.29, 0.717) is 22.8 Å². The number of ketones is 2. The molecule has 0 bridgehead atoms. The van der Waals surface area contributed by atoms with Gasteiger partial charge in [0, 0.05) is 17.0 Å². The quantitative estimate of drug-likeness (QED) is 0.764. The van der Waals surface area contributed by atoms with Crippen LogP contribution in [-0.4, -0.2) is 18.2 Å². The van der Waals surface area contributed by atoms with E-state index in [-0.39, 0.29) is 18.2 Å². The van der Waals surface area contributed by atoms with Crippen molar-refractivity contribution in [2.24, 2.45) is 0 Å². The maximum absolute atomic E-state index is 11.9. The van der Waals surface area contributed by atoms with Crippen molar-refractivity contribution in [3.05, 3.63) is 64.7 Å². The maximum atomic E-state index is 11.9. The summed E-state index contributed by atoms with van der Waals surface area (Å²) in [5, 5.41) is 0.591. The summed E-state index contributed by atoms with van der Waals surface area (Å²) < 4.78 is 5.44. The number of carbonyl (C=O) groups excluding carboxylic acids is 2. The maximum Gasteiger partial charge on any atom is 0.200 e. The molecule has 0 aromatic heterocycles. The van der Waals surface area contributed by atoms with Gasteiger partial charge in [0.2, 0.25) is 0 Å². The minimum absolute atomic E-state index is 0.0340. The highest BCUT2D eigenvalue weighted by molar-refractivity contribution is 6.30. The van der Waals surface area contributed by atoms with Crippen molar-refractivity contribution < 1.29 is 14.3 Å². The van der Waals surface area contributed by atoms with Gasteiger partial charge in [-0.1, -0.05) is 23.7 Å². The van der Waals surface area contributed by atoms with Crippen LogP contribution in [0.2, 0.25) is 5.02 Å². The SMILES string of the molecule is CC(=O)Cc1ccc(OCC(=O)c2ccc(Cl)cc2)cc1. The third-order valence-electron chi connectivity index (χ3n) is 2.91. The first-order valence-corrected chi connectivity index (χ1v) is 6.92. The number of hydrogen-bond acceptors (Lipinski definition) is 3. The number of rotatable bonds is 6. The Morgan fingerprint density at radius 2 is 1.62 bits per heavy atom. The predicted octanol–water partition coefficient (Wildman–Crippen LogP) is 3.73. The first-order valence-electron chi connectivity index (χ1n) is 6.54. The molecule has 0 unspecified atom stereocenters. The molecule has 0 amide bonds. The average Bonchev–Trinajstić information content (AvgIpc) is 2.46. The van der Waals surface area contributed by atoms with Crippen molar-refractivity contribution in [1.29, 1.82) is 0 Å². The third-order valence-corrected chi connectivity index (χ3v) is 3.16. The van der Waals surface area contributed by atoms with E-state index in [1.165, 1.54) is 0 Å². The minimum Gasteiger partial charge on any atom is -0.485 e. The summed E-state index contributed by atoms with van der Waals surface area (Å²) in [5.41, 5.74) is 1.49. The van der Waals surface area contributed by atoms with Crippen LogP contribution in [0.5, 0.6) is 5.75 Å². The van der Waals surface area contributed by atoms with Gasteiger partial charge in [0.05, 0.1) is 0 Å². The number of hydrogen-bond donors (Lipinski definition) is 0. The summed E-state index contributed by atoms with van der Waals surface area (Å²) >= 11 is 5.77. The van der Waals surface area contributed by atoms with E-state index in [0.717, 1.165) is 5.56 Å². The summed E-state index contributed by atoms with van der Waals surface area (Å²) in [6.45, 7) is 1.52. The van der Waals surface area contributed by atoms with E-state index in [9.17, 15) is 9.59 Å². The van der Waals surface area contributed by atoms with Gasteiger partial charge in [-0.15, -0.1) is 0 Å². The van der Waals surface area contributed by atoms with Crippen molar-refractivity contribution in [3.63, 3.8) is 0 Å². The Hall–Kier alpha value is -2.13. The van der Waals surface area contributed by atoms with E-state index in [4.69, 9.17) is 16.3 Å². The third kappa shape index (κ3) is 4.72. The van der Waals surface area contributed by atoms with Crippen LogP contribution < -0.4 is 4.74 Å². The molecular weight excluding hydrogens is 288 g/mol. The summed E-state index contributed by atoms with van der Waals surface area (Å²) in [5.74, 6) is 0.602. The fourth-order valence-corrected chi connectivity index (χ4v) is 1.98. The fourth-order valence-electron chi connectivity index (χ4n) is 1.86. The van der Waals surface area contributed by atoms with Gasteiger partial charge in [0.25, 0.3) is 0 Å². The molecule has 0 saturated heterocycles. The van der Waals surface area contributed by atoms with Gasteiger partial charge in [-0.05, 0) is 48.9 Å². The van der Waals surface area contributed by atoms with Gasteiger partial charge in [-0.25, -0.2) is 0 Å². The Kier molecular flexibility index (Phi) is 5.12. The largest absolute Gasteiger partial charge is 0.485 e. The Balaban J connectivity index is 1.92. The molecular formula is C17H15ClO3. The summed E-state index contributed by atoms with van der Waals surface area (Å²) in [4.78, 5) is 22.9. The number of benzene rings is 2. The first kappa shape index (κ1) is 15.3. The highest BCUT2D eigenvalue weighted by atomic mass is 35.5. The Morgan fingerprint density at radius 3 is 2.19 bits per heavy atom. The Labute approximate surface area is 128 Å². The molecule has 0 aliphatic rings. The monoisotopic (exact) mass is 302 g/mol. The molecule has 0 radical (unpaired) electrons. The highest BCUT2D eigenvalue weighted by Crippen LogP contribution is 2.14. The lowest BCUT2D eigenvalue weighted by atomic mass is 10.1. The van der Waals surface area contributed by atoms with Crippen LogP contribution in [-0.2, 0) is 11.2 Å². The van der Waals surface area contributed by atoms with E-state index < -0.39 is 0 Å². The number of carbonyl (C=O) groups is 2. The molecule has 0 spiro atoms. The lowest BCUT2D eigenvalue weighted by Crippen LogP contribution is -2.11. The van der Waals surface area contributed by atoms with Crippen molar-refractivity contribution in [1.82, 2.24) is 0 Å². The summed E-state index contributed by atoms with van der Waals surface area (Å²) in [6.07, 6.45) is 0.407. The normalized spacial score (nSPS) is 10.2. The standard InChI is InChI=1S/C17H15ClO3/c1-12(19)10-13-2-8-16(9-3-13)21-11-17(20)14-4-6-15(18)7-5-14/h2-9H,10-11H2,1H3. The molecule has 2 aromatic carbocycles. The van der Waals surface area contributed by atoms with Gasteiger partial charge in [-0.3, -0.25) is 9.59 Å². The minimum atomic E-state index is -0.112. The fraction of sp³-hybridized carbons (Fsp3) is 0.176. The van der Waals surface area contributed by atoms with E-state index >= 15 is 0 Å². The zero-order valence-corrected chi connectivity index (χ0v) is 12.4. The van der Waals surface area contributed by atoms with E-state index in [2.05, 4.69) is 0 Å². The van der Waals surface area contributed by atoms with Gasteiger partial charge < -0.3 is 4.74 Å². The molecule has 0 heterocycles. The second kappa shape index (κ2) is 7.04. The zero-order valence-electron chi connectivity index (χ0n) is 11.6. The number of Topliss-reactive ketones (excluding diaryl/α,β-unsaturated/α-hetero) is 2. The highest BCUT2D eigenvalue weighted by Gasteiger charge is 2.07. The van der Waals surface area contributed by atoms with Crippen LogP contribution in [0.25, 0.3) is 0 Å². The summed E-state index contributed by atoms with van der Waals surface area (Å²) in [7, 11) is 0. The molecule has 0 fully saturated rings. The molecule has 2 rings (SSSR count). The van der Waals surface area contributed by atoms with Crippen molar-refractivity contribution in [2.45, 2.75) is 13.3 Å². The lowest BCUT2D eigenvalue weighted by molar-refractivity contribution is -0.116. The smallest absolute Gasteiger partial charge is 0.200 e. The van der Waals surface area contributed by atoms with Gasteiger partial charge in [0.15, 0.2) is 12.4 Å². The van der Waals surface area contributed by atoms with Gasteiger partial charge >= 0.3 is 0 Å². The second-order valence-electron chi connectivity index (χ2n) is 4.74. The van der Waals surface area contributed by atoms with Gasteiger partial charge in [0.1, 0.15) is 11.5 Å². The molecule has 3 nitrogen and oxygen atoms in total. The molecule has 21 heavy (non-hydrogen) atoms. The predicted molar refractivity (Wildman–Crippen MR) is 82.1 cm³/mol. The molecule has 0 saturated carbocycles. The molecule has 0 aliphatic heterocycles. The molecule has 2 aromatic rings. The number of ether oxygens (including phenoxy) is 1. The van der Waals surface area contributed by atoms with Crippen LogP contribution in [0.4, 0.5) is 0 Å². The van der Waals surface area contributed by atoms with Crippen LogP contribution in [0.3, 0.4) is 0 Å². The molecule has 0 atom stereocenters. The van der Waals surface area contributed by atoms with Crippen molar-refractivity contribution >= 4 is 23.2 Å². The first-order chi connectivity index (χ1) is 10.0. The van der Waals surface area contributed by atoms with Crippen LogP contribution >= 0.6 is 11.6 Å². The van der Waals surface area contributed by atoms with Crippen LogP contribution in [0.15, 0.2) is 48.5 Å².